The molecule has 4 aromatic rings. The van der Waals surface area contributed by atoms with Crippen molar-refractivity contribution in [3.05, 3.63) is 35.7 Å². The van der Waals surface area contributed by atoms with Crippen molar-refractivity contribution in [3.63, 3.8) is 0 Å². The zero-order valence-corrected chi connectivity index (χ0v) is 17.6. The van der Waals surface area contributed by atoms with Crippen LogP contribution in [0, 0.1) is 18.7 Å². The maximum absolute atomic E-state index is 15.3. The lowest BCUT2D eigenvalue weighted by Crippen LogP contribution is -2.66. The highest BCUT2D eigenvalue weighted by Crippen LogP contribution is 2.50. The maximum atomic E-state index is 15.3. The minimum absolute atomic E-state index is 0.189. The minimum atomic E-state index is -0.193. The van der Waals surface area contributed by atoms with Crippen molar-refractivity contribution >= 4 is 33.4 Å². The third kappa shape index (κ3) is 2.30. The molecule has 10 heteroatoms. The van der Waals surface area contributed by atoms with E-state index in [2.05, 4.69) is 35.5 Å². The van der Waals surface area contributed by atoms with E-state index < -0.39 is 0 Å². The molecule has 3 aliphatic rings. The molecule has 2 saturated heterocycles. The fourth-order valence-electron chi connectivity index (χ4n) is 5.61. The van der Waals surface area contributed by atoms with E-state index in [1.807, 2.05) is 6.92 Å². The van der Waals surface area contributed by atoms with E-state index in [4.69, 9.17) is 9.72 Å². The Kier molecular flexibility index (Phi) is 3.53. The number of aromatic nitrogens is 5. The monoisotopic (exact) mass is 432 g/mol. The first-order chi connectivity index (χ1) is 15.6. The maximum Gasteiger partial charge on any atom is 0.326 e. The molecule has 0 radical (unpaired) electrons. The summed E-state index contributed by atoms with van der Waals surface area (Å²) in [6.07, 6.45) is 5.12. The summed E-state index contributed by atoms with van der Waals surface area (Å²) in [5, 5.41) is 8.38. The largest absolute Gasteiger partial charge is 0.421 e. The number of fused-ring (bicyclic) bond motifs is 5. The van der Waals surface area contributed by atoms with E-state index in [0.29, 0.717) is 35.2 Å². The number of aromatic amines is 1. The van der Waals surface area contributed by atoms with Crippen LogP contribution < -0.4 is 20.3 Å². The molecule has 2 fully saturated rings. The van der Waals surface area contributed by atoms with Gasteiger partial charge in [0.15, 0.2) is 5.75 Å². The van der Waals surface area contributed by atoms with Crippen LogP contribution in [0.5, 0.6) is 11.8 Å². The van der Waals surface area contributed by atoms with Crippen molar-refractivity contribution < 1.29 is 9.13 Å². The predicted octanol–water partition coefficient (Wildman–Crippen LogP) is 2.86. The Morgan fingerprint density at radius 3 is 2.88 bits per heavy atom. The second-order valence-corrected chi connectivity index (χ2v) is 8.66. The Bertz CT molecular complexity index is 1400. The molecule has 0 amide bonds. The van der Waals surface area contributed by atoms with Crippen molar-refractivity contribution in [1.29, 1.82) is 0 Å². The van der Waals surface area contributed by atoms with Gasteiger partial charge in [0.05, 0.1) is 35.1 Å². The number of nitrogens with zero attached hydrogens (tertiary/aromatic N) is 5. The fraction of sp³-hybridized carbons (Fsp3) is 0.364. The lowest BCUT2D eigenvalue weighted by Gasteiger charge is -2.52. The molecule has 162 valence electrons. The lowest BCUT2D eigenvalue weighted by atomic mass is 9.81. The topological polar surface area (TPSA) is 104 Å². The summed E-state index contributed by atoms with van der Waals surface area (Å²) in [6, 6.07) is 1.97. The van der Waals surface area contributed by atoms with Crippen LogP contribution >= 0.6 is 0 Å². The molecule has 0 saturated carbocycles. The van der Waals surface area contributed by atoms with Gasteiger partial charge >= 0.3 is 6.01 Å². The van der Waals surface area contributed by atoms with E-state index in [9.17, 15) is 0 Å². The van der Waals surface area contributed by atoms with E-state index in [1.165, 1.54) is 0 Å². The highest BCUT2D eigenvalue weighted by molar-refractivity contribution is 6.16. The molecule has 7 rings (SSSR count). The Morgan fingerprint density at radius 2 is 2.06 bits per heavy atom. The molecule has 0 bridgehead atoms. The first-order valence-electron chi connectivity index (χ1n) is 10.8. The average molecular weight is 432 g/mol. The number of ether oxygens (including phenoxy) is 1. The van der Waals surface area contributed by atoms with Crippen LogP contribution in [-0.2, 0) is 6.42 Å². The standard InChI is InChI=1S/C22H21FN8O/c1-9-26-7-10(8-27-9)32-22-29-19-17-16-12(13(23)6-14(24-2)18(16)28-19)5-15-11-3-4-25-20(11)31(15)21(17)30-22/h6-8,11,15,20,24-25H,3-5H2,1-2H3,(H,28,29,30). The first kappa shape index (κ1) is 18.1. The van der Waals surface area contributed by atoms with E-state index in [1.54, 1.807) is 25.5 Å². The third-order valence-corrected chi connectivity index (χ3v) is 7.02. The van der Waals surface area contributed by atoms with Gasteiger partial charge in [-0.15, -0.1) is 0 Å². The Morgan fingerprint density at radius 1 is 1.22 bits per heavy atom. The number of hydrogen-bond acceptors (Lipinski definition) is 8. The molecule has 0 spiro atoms. The van der Waals surface area contributed by atoms with Gasteiger partial charge in [-0.05, 0) is 32.4 Å². The average Bonchev–Trinajstić information content (AvgIpc) is 3.33. The molecule has 3 unspecified atom stereocenters. The predicted molar refractivity (Wildman–Crippen MR) is 118 cm³/mol. The number of halogens is 1. The smallest absolute Gasteiger partial charge is 0.326 e. The normalized spacial score (nSPS) is 23.2. The quantitative estimate of drug-likeness (QED) is 0.454. The van der Waals surface area contributed by atoms with Gasteiger partial charge in [-0.3, -0.25) is 5.32 Å². The summed E-state index contributed by atoms with van der Waals surface area (Å²) in [5.41, 5.74) is 2.89. The Hall–Kier alpha value is -3.53. The van der Waals surface area contributed by atoms with E-state index in [0.717, 1.165) is 40.6 Å². The summed E-state index contributed by atoms with van der Waals surface area (Å²) in [7, 11) is 1.79. The highest BCUT2D eigenvalue weighted by atomic mass is 19.1. The third-order valence-electron chi connectivity index (χ3n) is 7.02. The number of benzene rings is 1. The summed E-state index contributed by atoms with van der Waals surface area (Å²) in [5.74, 6) is 2.18. The van der Waals surface area contributed by atoms with Gasteiger partial charge in [-0.25, -0.2) is 14.4 Å². The van der Waals surface area contributed by atoms with Crippen LogP contribution in [0.3, 0.4) is 0 Å². The molecule has 0 aliphatic carbocycles. The molecule has 3 aliphatic heterocycles. The minimum Gasteiger partial charge on any atom is -0.421 e. The summed E-state index contributed by atoms with van der Waals surface area (Å²) >= 11 is 0. The van der Waals surface area contributed by atoms with Crippen LogP contribution in [0.15, 0.2) is 18.5 Å². The van der Waals surface area contributed by atoms with E-state index >= 15 is 4.39 Å². The molecule has 9 nitrogen and oxygen atoms in total. The molecule has 1 aromatic carbocycles. The van der Waals surface area contributed by atoms with Gasteiger partial charge in [0.1, 0.15) is 23.1 Å². The van der Waals surface area contributed by atoms with Crippen LogP contribution in [-0.4, -0.2) is 50.7 Å². The molecular weight excluding hydrogens is 411 g/mol. The van der Waals surface area contributed by atoms with Crippen LogP contribution in [0.25, 0.3) is 21.9 Å². The lowest BCUT2D eigenvalue weighted by molar-refractivity contribution is 0.219. The number of H-pyrrole nitrogens is 1. The van der Waals surface area contributed by atoms with Crippen molar-refractivity contribution in [1.82, 2.24) is 30.2 Å². The zero-order valence-electron chi connectivity index (χ0n) is 17.6. The van der Waals surface area contributed by atoms with Crippen molar-refractivity contribution in [3.8, 4) is 11.8 Å². The number of aryl methyl sites for hydroxylation is 1. The zero-order chi connectivity index (χ0) is 21.6. The number of rotatable bonds is 3. The second-order valence-electron chi connectivity index (χ2n) is 8.66. The first-order valence-corrected chi connectivity index (χ1v) is 10.8. The summed E-state index contributed by atoms with van der Waals surface area (Å²) in [4.78, 5) is 23.5. The van der Waals surface area contributed by atoms with Gasteiger partial charge in [0.2, 0.25) is 0 Å². The molecule has 3 atom stereocenters. The molecule has 3 N–H and O–H groups in total. The molecule has 6 heterocycles. The molecule has 32 heavy (non-hydrogen) atoms. The van der Waals surface area contributed by atoms with E-state index in [-0.39, 0.29) is 24.0 Å². The number of nitrogens with one attached hydrogen (secondary N) is 3. The Balaban J connectivity index is 1.49. The van der Waals surface area contributed by atoms with Crippen molar-refractivity contribution in [2.75, 3.05) is 23.8 Å². The summed E-state index contributed by atoms with van der Waals surface area (Å²) in [6.45, 7) is 2.77. The van der Waals surface area contributed by atoms with Gasteiger partial charge < -0.3 is 19.9 Å². The van der Waals surface area contributed by atoms with Crippen molar-refractivity contribution in [2.24, 2.45) is 5.92 Å². The highest BCUT2D eigenvalue weighted by Gasteiger charge is 2.53. The van der Waals surface area contributed by atoms with Crippen LogP contribution in [0.1, 0.15) is 17.8 Å². The SMILES string of the molecule is CNc1cc(F)c2c3c1[nH]c1nc(Oc4cnc(C)nc4)nc(c13)N1C(C2)C2CCNC21. The molecule has 3 aromatic heterocycles. The molecular formula is C22H21FN8O. The van der Waals surface area contributed by atoms with Gasteiger partial charge in [0, 0.05) is 30.0 Å². The van der Waals surface area contributed by atoms with Crippen LogP contribution in [0.2, 0.25) is 0 Å². The fourth-order valence-corrected chi connectivity index (χ4v) is 5.61. The van der Waals surface area contributed by atoms with Gasteiger partial charge in [-0.1, -0.05) is 0 Å². The number of anilines is 2. The summed E-state index contributed by atoms with van der Waals surface area (Å²) < 4.78 is 21.2. The second kappa shape index (κ2) is 6.26. The van der Waals surface area contributed by atoms with Crippen LogP contribution in [0.4, 0.5) is 15.9 Å². The van der Waals surface area contributed by atoms with Crippen molar-refractivity contribution in [2.45, 2.75) is 32.0 Å². The Labute approximate surface area is 182 Å². The number of hydrogen-bond donors (Lipinski definition) is 3. The van der Waals surface area contributed by atoms with Gasteiger partial charge in [-0.2, -0.15) is 9.97 Å². The van der Waals surface area contributed by atoms with Gasteiger partial charge in [0.25, 0.3) is 0 Å².